The molecule has 2 aromatic heterocycles. The number of anilines is 1. The number of piperazine rings is 1. The zero-order valence-corrected chi connectivity index (χ0v) is 9.19. The smallest absolute Gasteiger partial charge is 0.183 e. The first-order chi connectivity index (χ1) is 7.84. The molecule has 2 aromatic rings. The number of nitrogens with one attached hydrogen (secondary N) is 2. The Morgan fingerprint density at radius 2 is 2.06 bits per heavy atom. The summed E-state index contributed by atoms with van der Waals surface area (Å²) in [4.78, 5) is 18.4. The van der Waals surface area contributed by atoms with Crippen molar-refractivity contribution in [2.75, 3.05) is 31.1 Å². The van der Waals surface area contributed by atoms with Crippen LogP contribution in [0.2, 0.25) is 0 Å². The summed E-state index contributed by atoms with van der Waals surface area (Å²) in [5, 5.41) is 3.33. The van der Waals surface area contributed by atoms with E-state index < -0.39 is 0 Å². The monoisotopic (exact) mass is 218 g/mol. The average molecular weight is 218 g/mol. The number of aryl methyl sites for hydroxylation is 1. The van der Waals surface area contributed by atoms with Crippen molar-refractivity contribution in [2.24, 2.45) is 0 Å². The van der Waals surface area contributed by atoms with Crippen LogP contribution >= 0.6 is 0 Å². The lowest BCUT2D eigenvalue weighted by molar-refractivity contribution is 0.585. The van der Waals surface area contributed by atoms with E-state index in [4.69, 9.17) is 0 Å². The lowest BCUT2D eigenvalue weighted by atomic mass is 10.3. The van der Waals surface area contributed by atoms with Crippen LogP contribution in [0, 0.1) is 6.92 Å². The number of fused-ring (bicyclic) bond motifs is 1. The minimum atomic E-state index is 0.751. The number of H-pyrrole nitrogens is 1. The fourth-order valence-electron chi connectivity index (χ4n) is 2.03. The fourth-order valence-corrected chi connectivity index (χ4v) is 2.03. The molecule has 1 aliphatic rings. The summed E-state index contributed by atoms with van der Waals surface area (Å²) >= 11 is 0. The van der Waals surface area contributed by atoms with E-state index in [0.29, 0.717) is 0 Å². The molecule has 0 radical (unpaired) electrons. The second kappa shape index (κ2) is 3.71. The molecule has 0 unspecified atom stereocenters. The number of hydrogen-bond acceptors (Lipinski definition) is 5. The van der Waals surface area contributed by atoms with Crippen LogP contribution in [0.15, 0.2) is 6.33 Å². The van der Waals surface area contributed by atoms with E-state index >= 15 is 0 Å². The minimum absolute atomic E-state index is 0.751. The second-order valence-corrected chi connectivity index (χ2v) is 3.93. The van der Waals surface area contributed by atoms with Gasteiger partial charge in [-0.1, -0.05) is 0 Å². The van der Waals surface area contributed by atoms with Gasteiger partial charge in [-0.3, -0.25) is 0 Å². The Morgan fingerprint density at radius 3 is 2.88 bits per heavy atom. The molecule has 0 aromatic carbocycles. The largest absolute Gasteiger partial charge is 0.352 e. The van der Waals surface area contributed by atoms with Gasteiger partial charge in [-0.05, 0) is 6.92 Å². The Kier molecular flexibility index (Phi) is 2.21. The highest BCUT2D eigenvalue weighted by Gasteiger charge is 2.16. The summed E-state index contributed by atoms with van der Waals surface area (Å²) in [7, 11) is 0. The summed E-state index contributed by atoms with van der Waals surface area (Å²) in [6, 6.07) is 0. The van der Waals surface area contributed by atoms with Crippen LogP contribution < -0.4 is 10.2 Å². The first-order valence-corrected chi connectivity index (χ1v) is 5.48. The van der Waals surface area contributed by atoms with Crippen molar-refractivity contribution in [3.05, 3.63) is 12.2 Å². The lowest BCUT2D eigenvalue weighted by Crippen LogP contribution is -2.44. The van der Waals surface area contributed by atoms with Gasteiger partial charge in [-0.2, -0.15) is 0 Å². The van der Waals surface area contributed by atoms with Gasteiger partial charge >= 0.3 is 0 Å². The Labute approximate surface area is 93.1 Å². The summed E-state index contributed by atoms with van der Waals surface area (Å²) in [6.45, 7) is 5.85. The molecule has 2 N–H and O–H groups in total. The number of hydrogen-bond donors (Lipinski definition) is 2. The number of aromatic amines is 1. The SMILES string of the molecule is Cc1nc(N2CCNCC2)c2[nH]cnc2n1. The van der Waals surface area contributed by atoms with E-state index in [1.54, 1.807) is 6.33 Å². The number of aromatic nitrogens is 4. The van der Waals surface area contributed by atoms with Gasteiger partial charge in [0, 0.05) is 26.2 Å². The van der Waals surface area contributed by atoms with Gasteiger partial charge in [-0.15, -0.1) is 0 Å². The van der Waals surface area contributed by atoms with Crippen molar-refractivity contribution in [2.45, 2.75) is 6.92 Å². The van der Waals surface area contributed by atoms with E-state index in [9.17, 15) is 0 Å². The summed E-state index contributed by atoms with van der Waals surface area (Å²) in [6.07, 6.45) is 1.67. The van der Waals surface area contributed by atoms with Crippen LogP contribution in [0.3, 0.4) is 0 Å². The van der Waals surface area contributed by atoms with Crippen LogP contribution in [-0.2, 0) is 0 Å². The molecule has 84 valence electrons. The number of imidazole rings is 1. The maximum absolute atomic E-state index is 4.51. The van der Waals surface area contributed by atoms with Crippen LogP contribution in [-0.4, -0.2) is 46.1 Å². The molecule has 1 aliphatic heterocycles. The van der Waals surface area contributed by atoms with Gasteiger partial charge in [-0.25, -0.2) is 15.0 Å². The van der Waals surface area contributed by atoms with Gasteiger partial charge in [0.05, 0.1) is 6.33 Å². The zero-order valence-electron chi connectivity index (χ0n) is 9.19. The first-order valence-electron chi connectivity index (χ1n) is 5.48. The van der Waals surface area contributed by atoms with Crippen molar-refractivity contribution in [1.82, 2.24) is 25.3 Å². The summed E-state index contributed by atoms with van der Waals surface area (Å²) < 4.78 is 0. The molecular weight excluding hydrogens is 204 g/mol. The average Bonchev–Trinajstić information content (AvgIpc) is 2.77. The molecule has 3 rings (SSSR count). The lowest BCUT2D eigenvalue weighted by Gasteiger charge is -2.28. The Balaban J connectivity index is 2.09. The van der Waals surface area contributed by atoms with E-state index in [-0.39, 0.29) is 0 Å². The van der Waals surface area contributed by atoms with Crippen LogP contribution in [0.1, 0.15) is 5.82 Å². The third-order valence-electron chi connectivity index (χ3n) is 2.79. The highest BCUT2D eigenvalue weighted by atomic mass is 15.2. The van der Waals surface area contributed by atoms with Gasteiger partial charge in [0.25, 0.3) is 0 Å². The second-order valence-electron chi connectivity index (χ2n) is 3.93. The van der Waals surface area contributed by atoms with Crippen molar-refractivity contribution in [1.29, 1.82) is 0 Å². The molecule has 0 saturated carbocycles. The molecule has 3 heterocycles. The third-order valence-corrected chi connectivity index (χ3v) is 2.79. The molecule has 6 nitrogen and oxygen atoms in total. The topological polar surface area (TPSA) is 69.7 Å². The maximum Gasteiger partial charge on any atom is 0.183 e. The highest BCUT2D eigenvalue weighted by molar-refractivity contribution is 5.83. The number of nitrogens with zero attached hydrogens (tertiary/aromatic N) is 4. The van der Waals surface area contributed by atoms with E-state index in [1.165, 1.54) is 0 Å². The zero-order chi connectivity index (χ0) is 11.0. The van der Waals surface area contributed by atoms with Crippen molar-refractivity contribution >= 4 is 17.0 Å². The van der Waals surface area contributed by atoms with Crippen molar-refractivity contribution in [3.8, 4) is 0 Å². The Bertz CT molecular complexity index is 499. The standard InChI is InChI=1S/C10H14N6/c1-7-14-9-8(12-6-13-9)10(15-7)16-4-2-11-3-5-16/h6,11H,2-5H2,1H3,(H,12,13,14,15). The van der Waals surface area contributed by atoms with Crippen LogP contribution in [0.4, 0.5) is 5.82 Å². The predicted molar refractivity (Wildman–Crippen MR) is 61.5 cm³/mol. The molecule has 0 spiro atoms. The Hall–Kier alpha value is -1.69. The predicted octanol–water partition coefficient (Wildman–Crippen LogP) is 0.0709. The maximum atomic E-state index is 4.51. The van der Waals surface area contributed by atoms with E-state index in [0.717, 1.165) is 49.0 Å². The van der Waals surface area contributed by atoms with Crippen LogP contribution in [0.5, 0.6) is 0 Å². The molecule has 1 saturated heterocycles. The summed E-state index contributed by atoms with van der Waals surface area (Å²) in [5.74, 6) is 1.75. The molecule has 0 atom stereocenters. The van der Waals surface area contributed by atoms with Gasteiger partial charge in [0.2, 0.25) is 0 Å². The molecule has 16 heavy (non-hydrogen) atoms. The molecule has 0 amide bonds. The van der Waals surface area contributed by atoms with Gasteiger partial charge < -0.3 is 15.2 Å². The van der Waals surface area contributed by atoms with Crippen molar-refractivity contribution < 1.29 is 0 Å². The fraction of sp³-hybridized carbons (Fsp3) is 0.500. The van der Waals surface area contributed by atoms with E-state index in [2.05, 4.69) is 30.2 Å². The number of rotatable bonds is 1. The van der Waals surface area contributed by atoms with Gasteiger partial charge in [0.15, 0.2) is 11.5 Å². The minimum Gasteiger partial charge on any atom is -0.352 e. The molecule has 0 bridgehead atoms. The quantitative estimate of drug-likeness (QED) is 0.709. The van der Waals surface area contributed by atoms with Gasteiger partial charge in [0.1, 0.15) is 11.3 Å². The molecule has 1 fully saturated rings. The molecular formula is C10H14N6. The molecule has 0 aliphatic carbocycles. The Morgan fingerprint density at radius 1 is 1.25 bits per heavy atom. The van der Waals surface area contributed by atoms with Crippen LogP contribution in [0.25, 0.3) is 11.2 Å². The summed E-state index contributed by atoms with van der Waals surface area (Å²) in [5.41, 5.74) is 1.69. The third kappa shape index (κ3) is 1.51. The highest BCUT2D eigenvalue weighted by Crippen LogP contribution is 2.20. The van der Waals surface area contributed by atoms with E-state index in [1.807, 2.05) is 6.92 Å². The first kappa shape index (κ1) is 9.53. The normalized spacial score (nSPS) is 16.9. The van der Waals surface area contributed by atoms with Crippen molar-refractivity contribution in [3.63, 3.8) is 0 Å². The molecule has 6 heteroatoms.